The van der Waals surface area contributed by atoms with Crippen molar-refractivity contribution in [3.05, 3.63) is 23.9 Å². The molecule has 16 heavy (non-hydrogen) atoms. The zero-order chi connectivity index (χ0) is 12.1. The number of rotatable bonds is 5. The van der Waals surface area contributed by atoms with Crippen LogP contribution in [0.5, 0.6) is 0 Å². The van der Waals surface area contributed by atoms with Gasteiger partial charge >= 0.3 is 0 Å². The number of thioether (sulfide) groups is 1. The van der Waals surface area contributed by atoms with E-state index >= 15 is 0 Å². The Morgan fingerprint density at radius 2 is 2.31 bits per heavy atom. The number of hydrogen-bond donors (Lipinski definition) is 0. The highest BCUT2D eigenvalue weighted by Crippen LogP contribution is 2.15. The van der Waals surface area contributed by atoms with Crippen molar-refractivity contribution >= 4 is 23.4 Å². The van der Waals surface area contributed by atoms with Crippen LogP contribution >= 0.6 is 11.8 Å². The maximum atomic E-state index is 11.3. The summed E-state index contributed by atoms with van der Waals surface area (Å²) in [5.41, 5.74) is 0.716. The van der Waals surface area contributed by atoms with E-state index in [9.17, 15) is 4.79 Å². The third kappa shape index (κ3) is 3.23. The van der Waals surface area contributed by atoms with Crippen LogP contribution in [0.15, 0.2) is 18.3 Å². The van der Waals surface area contributed by atoms with Crippen molar-refractivity contribution in [2.45, 2.75) is 19.9 Å². The van der Waals surface area contributed by atoms with Gasteiger partial charge in [-0.15, -0.1) is 0 Å². The van der Waals surface area contributed by atoms with Crippen molar-refractivity contribution in [3.8, 4) is 0 Å². The number of Topliss-reactive ketones (excluding diaryl/α,β-unsaturated/α-hetero) is 1. The molecule has 1 atom stereocenters. The Morgan fingerprint density at radius 3 is 2.88 bits per heavy atom. The third-order valence-corrected chi connectivity index (χ3v) is 3.40. The summed E-state index contributed by atoms with van der Waals surface area (Å²) in [7, 11) is 2.01. The van der Waals surface area contributed by atoms with Crippen LogP contribution in [0.3, 0.4) is 0 Å². The van der Waals surface area contributed by atoms with Crippen molar-refractivity contribution in [1.29, 1.82) is 0 Å². The minimum atomic E-state index is 0.0783. The summed E-state index contributed by atoms with van der Waals surface area (Å²) >= 11 is 1.81. The Morgan fingerprint density at radius 1 is 1.62 bits per heavy atom. The second-order valence-electron chi connectivity index (χ2n) is 3.87. The number of carbonyl (C=O) groups excluding carboxylic acids is 1. The third-order valence-electron chi connectivity index (χ3n) is 2.58. The molecule has 0 aliphatic heterocycles. The molecule has 1 rings (SSSR count). The van der Waals surface area contributed by atoms with Crippen LogP contribution in [0.4, 0.5) is 5.82 Å². The van der Waals surface area contributed by atoms with Gasteiger partial charge in [0, 0.05) is 30.6 Å². The second kappa shape index (κ2) is 5.89. The van der Waals surface area contributed by atoms with E-state index in [2.05, 4.69) is 23.1 Å². The number of carbonyl (C=O) groups is 1. The van der Waals surface area contributed by atoms with Crippen molar-refractivity contribution in [2.75, 3.05) is 24.0 Å². The molecule has 0 radical (unpaired) electrons. The molecule has 3 nitrogen and oxygen atoms in total. The van der Waals surface area contributed by atoms with E-state index in [4.69, 9.17) is 0 Å². The highest BCUT2D eigenvalue weighted by Gasteiger charge is 2.11. The molecule has 0 N–H and O–H groups in total. The monoisotopic (exact) mass is 238 g/mol. The largest absolute Gasteiger partial charge is 0.356 e. The minimum Gasteiger partial charge on any atom is -0.356 e. The van der Waals surface area contributed by atoms with Gasteiger partial charge in [-0.3, -0.25) is 4.79 Å². The van der Waals surface area contributed by atoms with Crippen molar-refractivity contribution in [1.82, 2.24) is 4.98 Å². The number of pyridine rings is 1. The first-order valence-corrected chi connectivity index (χ1v) is 6.64. The number of anilines is 1. The molecule has 0 saturated heterocycles. The van der Waals surface area contributed by atoms with Crippen LogP contribution in [0, 0.1) is 0 Å². The Bertz CT molecular complexity index is 368. The van der Waals surface area contributed by atoms with Crippen LogP contribution in [0.1, 0.15) is 24.2 Å². The maximum Gasteiger partial charge on any atom is 0.159 e. The molecule has 88 valence electrons. The van der Waals surface area contributed by atoms with Gasteiger partial charge in [-0.05, 0) is 32.2 Å². The van der Waals surface area contributed by atoms with Gasteiger partial charge in [0.25, 0.3) is 0 Å². The van der Waals surface area contributed by atoms with Gasteiger partial charge in [-0.1, -0.05) is 0 Å². The van der Waals surface area contributed by atoms with Gasteiger partial charge in [-0.2, -0.15) is 11.8 Å². The van der Waals surface area contributed by atoms with Crippen LogP contribution in [0.25, 0.3) is 0 Å². The zero-order valence-electron chi connectivity index (χ0n) is 10.2. The van der Waals surface area contributed by atoms with E-state index in [0.717, 1.165) is 11.6 Å². The van der Waals surface area contributed by atoms with Crippen molar-refractivity contribution in [2.24, 2.45) is 0 Å². The van der Waals surface area contributed by atoms with Crippen LogP contribution < -0.4 is 4.90 Å². The zero-order valence-corrected chi connectivity index (χ0v) is 11.0. The molecule has 0 amide bonds. The fourth-order valence-corrected chi connectivity index (χ4v) is 2.12. The highest BCUT2D eigenvalue weighted by molar-refractivity contribution is 7.98. The first-order chi connectivity index (χ1) is 7.56. The van der Waals surface area contributed by atoms with E-state index in [0.29, 0.717) is 11.6 Å². The van der Waals surface area contributed by atoms with Gasteiger partial charge in [0.1, 0.15) is 5.82 Å². The summed E-state index contributed by atoms with van der Waals surface area (Å²) < 4.78 is 0. The Labute approximate surface area is 101 Å². The molecule has 0 aromatic carbocycles. The van der Waals surface area contributed by atoms with E-state index in [-0.39, 0.29) is 5.78 Å². The maximum absolute atomic E-state index is 11.3. The first kappa shape index (κ1) is 13.0. The Kier molecular flexibility index (Phi) is 4.80. The lowest BCUT2D eigenvalue weighted by molar-refractivity contribution is 0.101. The van der Waals surface area contributed by atoms with Crippen molar-refractivity contribution in [3.63, 3.8) is 0 Å². The standard InChI is InChI=1S/C12H18N2OS/c1-9(8-16-4)14(3)12-7-11(10(2)15)5-6-13-12/h5-7,9H,8H2,1-4H3. The van der Waals surface area contributed by atoms with Gasteiger partial charge in [0.15, 0.2) is 5.78 Å². The lowest BCUT2D eigenvalue weighted by atomic mass is 10.2. The fraction of sp³-hybridized carbons (Fsp3) is 0.500. The SMILES string of the molecule is CSCC(C)N(C)c1cc(C(C)=O)ccn1. The van der Waals surface area contributed by atoms with Gasteiger partial charge in [0.2, 0.25) is 0 Å². The van der Waals surface area contributed by atoms with E-state index in [1.54, 1.807) is 30.9 Å². The van der Waals surface area contributed by atoms with E-state index in [1.165, 1.54) is 0 Å². The quantitative estimate of drug-likeness (QED) is 0.738. The molecule has 0 saturated carbocycles. The highest BCUT2D eigenvalue weighted by atomic mass is 32.2. The molecule has 1 aromatic rings. The van der Waals surface area contributed by atoms with Gasteiger partial charge in [0.05, 0.1) is 0 Å². The summed E-state index contributed by atoms with van der Waals surface area (Å²) in [5, 5.41) is 0. The summed E-state index contributed by atoms with van der Waals surface area (Å²) in [6.07, 6.45) is 3.78. The molecule has 4 heteroatoms. The Hall–Kier alpha value is -1.03. The lowest BCUT2D eigenvalue weighted by Gasteiger charge is -2.25. The molecule has 1 heterocycles. The number of nitrogens with zero attached hydrogens (tertiary/aromatic N) is 2. The molecule has 0 bridgehead atoms. The number of ketones is 1. The summed E-state index contributed by atoms with van der Waals surface area (Å²) in [6.45, 7) is 3.73. The molecule has 0 spiro atoms. The first-order valence-electron chi connectivity index (χ1n) is 5.25. The van der Waals surface area contributed by atoms with E-state index in [1.807, 2.05) is 13.1 Å². The average Bonchev–Trinajstić information content (AvgIpc) is 2.28. The van der Waals surface area contributed by atoms with Crippen LogP contribution in [-0.2, 0) is 0 Å². The number of hydrogen-bond acceptors (Lipinski definition) is 4. The van der Waals surface area contributed by atoms with Gasteiger partial charge < -0.3 is 4.90 Å². The second-order valence-corrected chi connectivity index (χ2v) is 4.78. The van der Waals surface area contributed by atoms with E-state index < -0.39 is 0 Å². The van der Waals surface area contributed by atoms with Crippen LogP contribution in [0.2, 0.25) is 0 Å². The molecule has 1 aromatic heterocycles. The molecule has 1 unspecified atom stereocenters. The van der Waals surface area contributed by atoms with Gasteiger partial charge in [-0.25, -0.2) is 4.98 Å². The predicted octanol–water partition coefficient (Wildman–Crippen LogP) is 2.47. The molecule has 0 fully saturated rings. The fourth-order valence-electron chi connectivity index (χ4n) is 1.41. The predicted molar refractivity (Wildman–Crippen MR) is 70.5 cm³/mol. The number of aromatic nitrogens is 1. The smallest absolute Gasteiger partial charge is 0.159 e. The normalized spacial score (nSPS) is 12.2. The Balaban J connectivity index is 2.86. The molecule has 0 aliphatic rings. The van der Waals surface area contributed by atoms with Crippen LogP contribution in [-0.4, -0.2) is 35.9 Å². The molecular weight excluding hydrogens is 220 g/mol. The summed E-state index contributed by atoms with van der Waals surface area (Å²) in [5.74, 6) is 1.98. The summed E-state index contributed by atoms with van der Waals surface area (Å²) in [6, 6.07) is 4.00. The molecule has 0 aliphatic carbocycles. The lowest BCUT2D eigenvalue weighted by Crippen LogP contribution is -2.31. The minimum absolute atomic E-state index is 0.0783. The average molecular weight is 238 g/mol. The molecular formula is C12H18N2OS. The summed E-state index contributed by atoms with van der Waals surface area (Å²) in [4.78, 5) is 17.7. The van der Waals surface area contributed by atoms with Crippen molar-refractivity contribution < 1.29 is 4.79 Å². The topological polar surface area (TPSA) is 33.2 Å².